The standard InChI is InChI=1S/C13H17ClN6O2/c1-7-11(14)8(2)20(17-7)6-10(21)16-9-5-19(4)18-12(9)13(22)15-3/h5H,6H2,1-4H3,(H,15,22)(H,16,21). The molecule has 2 heterocycles. The topological polar surface area (TPSA) is 93.8 Å². The van der Waals surface area contributed by atoms with E-state index in [9.17, 15) is 9.59 Å². The highest BCUT2D eigenvalue weighted by molar-refractivity contribution is 6.31. The predicted octanol–water partition coefficient (Wildman–Crippen LogP) is 0.885. The lowest BCUT2D eigenvalue weighted by Crippen LogP contribution is -2.24. The minimum atomic E-state index is -0.370. The molecule has 0 bridgehead atoms. The Labute approximate surface area is 132 Å². The number of aryl methyl sites for hydroxylation is 2. The first-order valence-electron chi connectivity index (χ1n) is 6.58. The second-order valence-corrected chi connectivity index (χ2v) is 5.21. The highest BCUT2D eigenvalue weighted by Gasteiger charge is 2.18. The summed E-state index contributed by atoms with van der Waals surface area (Å²) in [6, 6.07) is 0. The lowest BCUT2D eigenvalue weighted by molar-refractivity contribution is -0.116. The molecule has 2 N–H and O–H groups in total. The van der Waals surface area contributed by atoms with E-state index in [-0.39, 0.29) is 24.1 Å². The number of hydrogen-bond donors (Lipinski definition) is 2. The lowest BCUT2D eigenvalue weighted by atomic mass is 10.3. The van der Waals surface area contributed by atoms with E-state index in [2.05, 4.69) is 20.8 Å². The van der Waals surface area contributed by atoms with Crippen LogP contribution in [0.4, 0.5) is 5.69 Å². The van der Waals surface area contributed by atoms with Crippen LogP contribution in [0.15, 0.2) is 6.20 Å². The van der Waals surface area contributed by atoms with Crippen LogP contribution in [0.3, 0.4) is 0 Å². The normalized spacial score (nSPS) is 10.6. The van der Waals surface area contributed by atoms with Gasteiger partial charge in [-0.2, -0.15) is 10.2 Å². The van der Waals surface area contributed by atoms with Crippen molar-refractivity contribution in [2.45, 2.75) is 20.4 Å². The quantitative estimate of drug-likeness (QED) is 0.873. The molecule has 0 aromatic carbocycles. The van der Waals surface area contributed by atoms with Crippen LogP contribution in [0.25, 0.3) is 0 Å². The molecular formula is C13H17ClN6O2. The largest absolute Gasteiger partial charge is 0.354 e. The zero-order valence-electron chi connectivity index (χ0n) is 12.8. The summed E-state index contributed by atoms with van der Waals surface area (Å²) < 4.78 is 2.98. The smallest absolute Gasteiger partial charge is 0.273 e. The first-order chi connectivity index (χ1) is 10.3. The van der Waals surface area contributed by atoms with E-state index >= 15 is 0 Å². The van der Waals surface area contributed by atoms with E-state index in [1.165, 1.54) is 16.4 Å². The molecule has 8 nitrogen and oxygen atoms in total. The van der Waals surface area contributed by atoms with Crippen LogP contribution in [-0.2, 0) is 18.4 Å². The third-order valence-corrected chi connectivity index (χ3v) is 3.68. The van der Waals surface area contributed by atoms with Crippen molar-refractivity contribution in [3.63, 3.8) is 0 Å². The van der Waals surface area contributed by atoms with E-state index in [0.717, 1.165) is 0 Å². The molecule has 0 spiro atoms. The summed E-state index contributed by atoms with van der Waals surface area (Å²) in [6.45, 7) is 3.56. The Bertz CT molecular complexity index is 733. The van der Waals surface area contributed by atoms with Crippen molar-refractivity contribution < 1.29 is 9.59 Å². The molecule has 0 unspecified atom stereocenters. The Morgan fingerprint density at radius 1 is 1.32 bits per heavy atom. The Morgan fingerprint density at radius 2 is 2.00 bits per heavy atom. The van der Waals surface area contributed by atoms with Crippen LogP contribution in [0, 0.1) is 13.8 Å². The molecule has 0 radical (unpaired) electrons. The number of anilines is 1. The molecule has 118 valence electrons. The van der Waals surface area contributed by atoms with Crippen molar-refractivity contribution in [3.05, 3.63) is 28.3 Å². The Morgan fingerprint density at radius 3 is 2.55 bits per heavy atom. The summed E-state index contributed by atoms with van der Waals surface area (Å²) in [5.41, 5.74) is 1.88. The van der Waals surface area contributed by atoms with Gasteiger partial charge in [-0.15, -0.1) is 0 Å². The molecule has 2 amide bonds. The van der Waals surface area contributed by atoms with Crippen LogP contribution in [0.5, 0.6) is 0 Å². The van der Waals surface area contributed by atoms with Crippen LogP contribution in [0.1, 0.15) is 21.9 Å². The van der Waals surface area contributed by atoms with Gasteiger partial charge in [0.15, 0.2) is 5.69 Å². The molecule has 2 rings (SSSR count). The molecule has 0 aliphatic rings. The summed E-state index contributed by atoms with van der Waals surface area (Å²) in [5, 5.41) is 13.9. The van der Waals surface area contributed by atoms with Crippen LogP contribution < -0.4 is 10.6 Å². The number of aromatic nitrogens is 4. The average molecular weight is 325 g/mol. The van der Waals surface area contributed by atoms with Gasteiger partial charge >= 0.3 is 0 Å². The van der Waals surface area contributed by atoms with Crippen LogP contribution in [0.2, 0.25) is 5.02 Å². The SMILES string of the molecule is CNC(=O)c1nn(C)cc1NC(=O)Cn1nc(C)c(Cl)c1C. The zero-order valence-corrected chi connectivity index (χ0v) is 13.5. The van der Waals surface area contributed by atoms with Crippen molar-refractivity contribution in [2.24, 2.45) is 7.05 Å². The number of halogens is 1. The number of carbonyl (C=O) groups is 2. The third kappa shape index (κ3) is 3.11. The van der Waals surface area contributed by atoms with Gasteiger partial charge in [-0.25, -0.2) is 0 Å². The highest BCUT2D eigenvalue weighted by Crippen LogP contribution is 2.19. The van der Waals surface area contributed by atoms with Crippen LogP contribution >= 0.6 is 11.6 Å². The van der Waals surface area contributed by atoms with Crippen molar-refractivity contribution in [1.29, 1.82) is 0 Å². The van der Waals surface area contributed by atoms with Gasteiger partial charge in [-0.05, 0) is 13.8 Å². The maximum atomic E-state index is 12.1. The Kier molecular flexibility index (Phi) is 4.51. The number of carbonyl (C=O) groups excluding carboxylic acids is 2. The van der Waals surface area contributed by atoms with E-state index in [1.807, 2.05) is 0 Å². The minimum absolute atomic E-state index is 0.00146. The fourth-order valence-electron chi connectivity index (χ4n) is 2.02. The Hall–Kier alpha value is -2.35. The summed E-state index contributed by atoms with van der Waals surface area (Å²) in [6.07, 6.45) is 1.57. The van der Waals surface area contributed by atoms with Crippen molar-refractivity contribution in [3.8, 4) is 0 Å². The van der Waals surface area contributed by atoms with Gasteiger partial charge in [0.25, 0.3) is 5.91 Å². The van der Waals surface area contributed by atoms with Gasteiger partial charge in [0.05, 0.1) is 22.1 Å². The molecule has 0 atom stereocenters. The number of nitrogens with one attached hydrogen (secondary N) is 2. The fraction of sp³-hybridized carbons (Fsp3) is 0.385. The van der Waals surface area contributed by atoms with Crippen molar-refractivity contribution >= 4 is 29.1 Å². The van der Waals surface area contributed by atoms with Gasteiger partial charge in [0, 0.05) is 20.3 Å². The second-order valence-electron chi connectivity index (χ2n) is 4.83. The van der Waals surface area contributed by atoms with E-state index in [4.69, 9.17) is 11.6 Å². The summed E-state index contributed by atoms with van der Waals surface area (Å²) >= 11 is 6.05. The fourth-order valence-corrected chi connectivity index (χ4v) is 2.16. The van der Waals surface area contributed by atoms with Gasteiger partial charge in [-0.3, -0.25) is 19.0 Å². The first kappa shape index (κ1) is 16.0. The highest BCUT2D eigenvalue weighted by atomic mass is 35.5. The molecule has 2 aromatic rings. The van der Waals surface area contributed by atoms with E-state index < -0.39 is 0 Å². The minimum Gasteiger partial charge on any atom is -0.354 e. The molecule has 0 aliphatic heterocycles. The summed E-state index contributed by atoms with van der Waals surface area (Å²) in [7, 11) is 3.17. The van der Waals surface area contributed by atoms with Gasteiger partial charge in [0.2, 0.25) is 5.91 Å². The van der Waals surface area contributed by atoms with Crippen molar-refractivity contribution in [2.75, 3.05) is 12.4 Å². The molecule has 0 saturated carbocycles. The van der Waals surface area contributed by atoms with Gasteiger partial charge in [0.1, 0.15) is 6.54 Å². The van der Waals surface area contributed by atoms with E-state index in [0.29, 0.717) is 22.1 Å². The third-order valence-electron chi connectivity index (χ3n) is 3.13. The molecule has 0 fully saturated rings. The van der Waals surface area contributed by atoms with Crippen molar-refractivity contribution in [1.82, 2.24) is 24.9 Å². The average Bonchev–Trinajstić information content (AvgIpc) is 2.94. The second kappa shape index (κ2) is 6.18. The van der Waals surface area contributed by atoms with Gasteiger partial charge < -0.3 is 10.6 Å². The molecular weight excluding hydrogens is 308 g/mol. The zero-order chi connectivity index (χ0) is 16.4. The Balaban J connectivity index is 2.16. The molecule has 2 aromatic heterocycles. The first-order valence-corrected chi connectivity index (χ1v) is 6.96. The molecule has 9 heteroatoms. The summed E-state index contributed by atoms with van der Waals surface area (Å²) in [5.74, 6) is -0.689. The number of hydrogen-bond acceptors (Lipinski definition) is 4. The maximum Gasteiger partial charge on any atom is 0.273 e. The van der Waals surface area contributed by atoms with Gasteiger partial charge in [-0.1, -0.05) is 11.6 Å². The molecule has 0 aliphatic carbocycles. The number of amides is 2. The lowest BCUT2D eigenvalue weighted by Gasteiger charge is -2.06. The predicted molar refractivity (Wildman–Crippen MR) is 81.9 cm³/mol. The molecule has 22 heavy (non-hydrogen) atoms. The van der Waals surface area contributed by atoms with Crippen LogP contribution in [-0.4, -0.2) is 38.4 Å². The maximum absolute atomic E-state index is 12.1. The number of rotatable bonds is 4. The molecule has 0 saturated heterocycles. The monoisotopic (exact) mass is 324 g/mol. The summed E-state index contributed by atoms with van der Waals surface area (Å²) in [4.78, 5) is 23.9. The van der Waals surface area contributed by atoms with E-state index in [1.54, 1.807) is 27.1 Å². The number of nitrogens with zero attached hydrogens (tertiary/aromatic N) is 4.